The molecule has 12 rings (SSSR count). The number of methoxy groups -OCH3 is 2. The Balaban J connectivity index is 0.000000300. The standard InChI is InChI=1S/2C41H40F5N3O3S/c1-27(28-10-12-29(13-11-28)30-14-16-32(17-15-30)41(44,45)46)49(33-18-20-47(21-19-33)22-23-52-2)38(51)25-48-36-9-4-3-7-34(36)37(50)24-39(48)53-26-31-6-5-8-35(42)40(31)43;1-27-6-15-36-34(22-27)37(50)23-39(53-26-31-4-3-5-35(42)40(31)43)49(36)25-38(51)48(33-16-18-47(19-17-33)20-21-52-2)24-28-7-9-29(10-8-28)30-11-13-32(14-12-30)41(44,45)46/h3-17,24,27,33H,18-23,25-26H2,1-2H3;3-15,22-23,33H,16-21,24-26H2,1-2H3/i2D3,18D2,19D2,20D2,21D2,23D2,25D2,27D,33D;2D3,3D,4D,5D,6D,7D,8D,9D,10D,11D,12D,13D,14D,15D,16D2,17D2,18D2,19D2,21D2,22D,23D,24D2,25D2,33D. The number of ether oxygens (including phenoxy) is 2. The smallest absolute Gasteiger partial charge is 0.383 e. The molecule has 12 nitrogen and oxygen atoms in total. The van der Waals surface area contributed by atoms with Gasteiger partial charge in [0.1, 0.15) is 13.0 Å². The van der Waals surface area contributed by atoms with E-state index in [-0.39, 0.29) is 38.7 Å². The van der Waals surface area contributed by atoms with Crippen LogP contribution in [0.15, 0.2) is 207 Å². The summed E-state index contributed by atoms with van der Waals surface area (Å²) < 4.78 is 589. The molecule has 2 aliphatic heterocycles. The van der Waals surface area contributed by atoms with E-state index in [9.17, 15) is 72.4 Å². The summed E-state index contributed by atoms with van der Waals surface area (Å²) >= 11 is 0.189. The molecule has 2 aromatic heterocycles. The van der Waals surface area contributed by atoms with Crippen LogP contribution in [-0.4, -0.2) is 119 Å². The molecule has 2 fully saturated rings. The van der Waals surface area contributed by atoms with E-state index in [1.807, 2.05) is 0 Å². The van der Waals surface area contributed by atoms with Crippen molar-refractivity contribution in [1.29, 1.82) is 0 Å². The zero-order chi connectivity index (χ0) is 120. The van der Waals surface area contributed by atoms with E-state index < -0.39 is 380 Å². The molecule has 106 heavy (non-hydrogen) atoms. The molecular formula is C82H80F10N6O6S2. The number of thioether (sulfide) groups is 2. The van der Waals surface area contributed by atoms with Gasteiger partial charge in [-0.2, -0.15) is 26.3 Å². The molecule has 0 bridgehead atoms. The zero-order valence-electron chi connectivity index (χ0n) is 104. The number of rotatable bonds is 24. The summed E-state index contributed by atoms with van der Waals surface area (Å²) in [5.74, 6) is -14.1. The SMILES string of the molecule is [2H]C([2H])([2H])OC([2H])([2H])CN1C([2H])([2H])C([2H])([2H])C([2H])(N(C(=O)C([2H])([2H])n2c(SCc3cccc(F)c3F)cc(=O)c3ccccc32)C([2H])(C)c2ccc(-c3ccc(C(F)(F)F)cc3)cc2)C([2H])([2H])C1([2H])[2H].[2H]c1c([2H])c(F)c(F)c(CSc2c([2H])c(=O)c3c([2H])c(C)c([2H])c([2H])c3n2C([2H])([2H])C(=O)N(C([2H])([2H])c2c([2H])c([2H])c(-c3c([2H])c([2H])c(C(F)(F)F)c([2H])c3[2H])c([2H])c2[2H])C2([2H])C([2H])([2H])C([2H])([2H])N(CC([2H])([2H])OC([2H])([2H])[2H])C([2H])([2H])C2([2H])[2H])c1[2H]. The van der Waals surface area contributed by atoms with Crippen LogP contribution in [0.1, 0.15) is 146 Å². The van der Waals surface area contributed by atoms with Gasteiger partial charge in [-0.1, -0.05) is 121 Å². The Bertz CT molecular complexity index is 7370. The van der Waals surface area contributed by atoms with Crippen molar-refractivity contribution in [3.63, 3.8) is 0 Å². The van der Waals surface area contributed by atoms with Crippen LogP contribution in [0.4, 0.5) is 43.9 Å². The number of likely N-dealkylation sites (tertiary alicyclic amines) is 2. The Hall–Kier alpha value is -9.04. The lowest BCUT2D eigenvalue weighted by Gasteiger charge is -2.42. The van der Waals surface area contributed by atoms with Crippen molar-refractivity contribution in [2.24, 2.45) is 0 Å². The number of fused-ring (bicyclic) bond motifs is 2. The van der Waals surface area contributed by atoms with E-state index in [1.54, 1.807) is 0 Å². The van der Waals surface area contributed by atoms with Gasteiger partial charge < -0.3 is 38.2 Å². The highest BCUT2D eigenvalue weighted by molar-refractivity contribution is 7.98. The van der Waals surface area contributed by atoms with Crippen LogP contribution in [0, 0.1) is 30.2 Å². The van der Waals surface area contributed by atoms with Gasteiger partial charge in [0, 0.05) is 139 Å². The minimum Gasteiger partial charge on any atom is -0.383 e. The number of benzene rings is 8. The number of hydrogen-bond donors (Lipinski definition) is 0. The molecule has 0 radical (unpaired) electrons. The molecule has 4 heterocycles. The van der Waals surface area contributed by atoms with Gasteiger partial charge >= 0.3 is 12.4 Å². The molecule has 1 atom stereocenters. The number of aromatic nitrogens is 2. The fourth-order valence-corrected chi connectivity index (χ4v) is 11.3. The van der Waals surface area contributed by atoms with Crippen molar-refractivity contribution < 1.29 is 132 Å². The number of pyridine rings is 2. The number of para-hydroxylation sites is 1. The first-order valence-corrected chi connectivity index (χ1v) is 31.9. The van der Waals surface area contributed by atoms with E-state index in [4.69, 9.17) is 45.2 Å². The van der Waals surface area contributed by atoms with Gasteiger partial charge in [0.05, 0.1) is 98.0 Å². The Morgan fingerprint density at radius 1 is 0.604 bits per heavy atom. The first-order valence-electron chi connectivity index (χ1n) is 54.9. The first-order chi connectivity index (χ1) is 70.3. The van der Waals surface area contributed by atoms with Gasteiger partial charge in [0.25, 0.3) is 0 Å². The minimum atomic E-state index is -5.63. The Morgan fingerprint density at radius 2 is 1.17 bits per heavy atom. The van der Waals surface area contributed by atoms with E-state index >= 15 is 14.0 Å². The number of piperidine rings is 2. The highest BCUT2D eigenvalue weighted by atomic mass is 32.2. The normalized spacial score (nSPS) is 26.9. The molecule has 0 spiro atoms. The molecule has 8 aromatic carbocycles. The number of halogens is 10. The largest absolute Gasteiger partial charge is 0.416 e. The third-order valence-corrected chi connectivity index (χ3v) is 16.6. The molecule has 24 heteroatoms. The molecule has 2 saturated heterocycles. The van der Waals surface area contributed by atoms with E-state index in [0.29, 0.717) is 16.3 Å². The maximum absolute atomic E-state index is 16.1. The summed E-state index contributed by atoms with van der Waals surface area (Å²) in [5, 5.41) is -3.60. The maximum atomic E-state index is 16.1. The number of alkyl halides is 6. The predicted molar refractivity (Wildman–Crippen MR) is 395 cm³/mol. The van der Waals surface area contributed by atoms with Gasteiger partial charge in [-0.25, -0.2) is 17.6 Å². The number of nitrogens with zero attached hydrogens (tertiary/aromatic N) is 6. The van der Waals surface area contributed by atoms with Crippen LogP contribution in [0.3, 0.4) is 0 Å². The predicted octanol–water partition coefficient (Wildman–Crippen LogP) is 17.7. The van der Waals surface area contributed by atoms with Crippen LogP contribution in [0.5, 0.6) is 0 Å². The lowest BCUT2D eigenvalue weighted by Crippen LogP contribution is -2.49. The Morgan fingerprint density at radius 3 is 1.80 bits per heavy atom. The summed E-state index contributed by atoms with van der Waals surface area (Å²) in [7, 11) is -7.38. The van der Waals surface area contributed by atoms with Crippen LogP contribution in [0.25, 0.3) is 44.1 Å². The maximum Gasteiger partial charge on any atom is 0.416 e. The molecule has 0 aliphatic carbocycles. The van der Waals surface area contributed by atoms with Crippen molar-refractivity contribution >= 4 is 57.1 Å². The fourth-order valence-electron chi connectivity index (χ4n) is 9.44. The summed E-state index contributed by atoms with van der Waals surface area (Å²) in [6.07, 6.45) is -29.4. The third kappa shape index (κ3) is 19.2. The van der Waals surface area contributed by atoms with Gasteiger partial charge in [0.15, 0.2) is 34.1 Å². The topological polar surface area (TPSA) is 110 Å². The molecule has 0 saturated carbocycles. The third-order valence-electron chi connectivity index (χ3n) is 14.6. The molecule has 1 unspecified atom stereocenters. The summed E-state index contributed by atoms with van der Waals surface area (Å²) in [6, 6.07) is -20.5. The molecule has 2 aliphatic rings. The van der Waals surface area contributed by atoms with Crippen molar-refractivity contribution in [3.8, 4) is 22.3 Å². The van der Waals surface area contributed by atoms with E-state index in [0.717, 1.165) is 80.6 Å². The Kier molecular flexibility index (Phi) is 12.0. The van der Waals surface area contributed by atoms with Crippen molar-refractivity contribution in [2.45, 2.75) is 111 Å². The van der Waals surface area contributed by atoms with Crippen LogP contribution >= 0.6 is 23.5 Å². The monoisotopic (exact) mass is 1550 g/mol. The van der Waals surface area contributed by atoms with Crippen molar-refractivity contribution in [1.82, 2.24) is 28.7 Å². The van der Waals surface area contributed by atoms with E-state index in [1.165, 1.54) is 30.3 Å². The average molecular weight is 1550 g/mol. The molecular weight excluding hydrogens is 1420 g/mol. The van der Waals surface area contributed by atoms with E-state index in [2.05, 4.69) is 9.47 Å². The molecule has 2 amide bonds. The van der Waals surface area contributed by atoms with Crippen molar-refractivity contribution in [3.05, 3.63) is 270 Å². The quantitative estimate of drug-likeness (QED) is 0.0428. The lowest BCUT2D eigenvalue weighted by molar-refractivity contribution is -0.138. The second-order valence-corrected chi connectivity index (χ2v) is 23.4. The van der Waals surface area contributed by atoms with Crippen molar-refractivity contribution in [2.75, 3.05) is 66.3 Å². The second kappa shape index (κ2) is 35.1. The summed E-state index contributed by atoms with van der Waals surface area (Å²) in [4.78, 5) is 56.5. The molecule has 10 aromatic rings. The second-order valence-electron chi connectivity index (χ2n) is 21.5. The van der Waals surface area contributed by atoms with Gasteiger partial charge in [-0.3, -0.25) is 19.2 Å². The molecule has 556 valence electrons. The highest BCUT2D eigenvalue weighted by Crippen LogP contribution is 2.37. The number of amides is 2. The van der Waals surface area contributed by atoms with Crippen LogP contribution < -0.4 is 10.9 Å². The summed E-state index contributed by atoms with van der Waals surface area (Å²) in [6.45, 7) is -41.8. The van der Waals surface area contributed by atoms with Gasteiger partial charge in [-0.05, 0) is 133 Å². The summed E-state index contributed by atoms with van der Waals surface area (Å²) in [5.41, 5.74) is -15.1. The minimum absolute atomic E-state index is 0.165. The number of hydrogen-bond acceptors (Lipinski definition) is 10. The fraction of sp³-hybridized carbons (Fsp3) is 0.317. The van der Waals surface area contributed by atoms with Crippen LogP contribution in [-0.2, 0) is 62.4 Å². The lowest BCUT2D eigenvalue weighted by atomic mass is 9.96. The number of carbonyl (C=O) groups excluding carboxylic acids is 2. The average Bonchev–Trinajstić information content (AvgIpc) is 0.657. The number of carbonyl (C=O) groups is 2. The Labute approximate surface area is 686 Å². The van der Waals surface area contributed by atoms with Gasteiger partial charge in [-0.15, -0.1) is 23.5 Å². The van der Waals surface area contributed by atoms with Gasteiger partial charge in [0.2, 0.25) is 11.8 Å². The van der Waals surface area contributed by atoms with Crippen LogP contribution in [0.2, 0.25) is 0 Å². The highest BCUT2D eigenvalue weighted by Gasteiger charge is 2.35. The zero-order valence-corrected chi connectivity index (χ0v) is 55.4. The molecule has 0 N–H and O–H groups in total. The first kappa shape index (κ1) is 36.2.